The van der Waals surface area contributed by atoms with E-state index in [1.807, 2.05) is 21.1 Å². The quantitative estimate of drug-likeness (QED) is 0.0211. The van der Waals surface area contributed by atoms with Crippen LogP contribution in [0, 0.1) is 0 Å². The van der Waals surface area contributed by atoms with E-state index < -0.39 is 24.3 Å². The standard InChI is InChI=1S/C70H127NO8/c1-6-8-10-12-14-16-18-20-21-22-23-24-25-26-27-28-29-30-31-32-33-34-35-36-37-38-39-40-41-42-43-44-45-46-47-49-51-53-55-57-59-61-68(73)79-66(65-78-70(69(74)75)76-63-62-71(3,4)5)64-77-67(72)60-58-56-54-52-50-48-19-17-15-13-11-9-7-2/h8,10,14,16-17,19-21,23-24,66,70H,6-7,9,11-13,15,18,22,25-65H2,1-5H3/p+1/b10-8-,16-14-,19-17-,21-20-,24-23-. The number of carboxylic acids is 1. The number of hydrogen-bond acceptors (Lipinski definition) is 7. The van der Waals surface area contributed by atoms with Crippen LogP contribution in [0.2, 0.25) is 0 Å². The average Bonchev–Trinajstić information content (AvgIpc) is 3.42. The molecule has 1 N–H and O–H groups in total. The Kier molecular flexibility index (Phi) is 58.7. The number of esters is 2. The number of carboxylic acid groups (broad SMARTS) is 1. The minimum Gasteiger partial charge on any atom is -0.477 e. The molecule has 0 aliphatic carbocycles. The number of carbonyl (C=O) groups excluding carboxylic acids is 2. The summed E-state index contributed by atoms with van der Waals surface area (Å²) < 4.78 is 22.9. The van der Waals surface area contributed by atoms with E-state index in [2.05, 4.69) is 74.6 Å². The SMILES string of the molecule is CC/C=C\C/C=C\C/C=C\C/C=C\CCCCCCCCCCCCCCCCCCCCCCCCCCCCCCC(=O)OC(COC(=O)CCCCCCC/C=C\CCCCCC)COC(OCC[N+](C)(C)C)C(=O)O. The van der Waals surface area contributed by atoms with Crippen LogP contribution in [0.1, 0.15) is 309 Å². The van der Waals surface area contributed by atoms with Crippen molar-refractivity contribution in [2.75, 3.05) is 47.5 Å². The van der Waals surface area contributed by atoms with Crippen LogP contribution in [-0.2, 0) is 33.3 Å². The van der Waals surface area contributed by atoms with Crippen LogP contribution in [0.5, 0.6) is 0 Å². The Balaban J connectivity index is 3.89. The fourth-order valence-electron chi connectivity index (χ4n) is 9.65. The van der Waals surface area contributed by atoms with Crippen molar-refractivity contribution in [3.8, 4) is 0 Å². The van der Waals surface area contributed by atoms with E-state index in [1.54, 1.807) is 0 Å². The summed E-state index contributed by atoms with van der Waals surface area (Å²) in [6.07, 6.45) is 76.4. The average molecular weight is 1110 g/mol. The summed E-state index contributed by atoms with van der Waals surface area (Å²) >= 11 is 0. The summed E-state index contributed by atoms with van der Waals surface area (Å²) in [6.45, 7) is 4.77. The predicted molar refractivity (Wildman–Crippen MR) is 336 cm³/mol. The first-order valence-corrected chi connectivity index (χ1v) is 33.5. The van der Waals surface area contributed by atoms with Gasteiger partial charge in [0, 0.05) is 12.8 Å². The van der Waals surface area contributed by atoms with Crippen molar-refractivity contribution < 1.29 is 42.9 Å². The summed E-state index contributed by atoms with van der Waals surface area (Å²) in [5.74, 6) is -2.00. The zero-order chi connectivity index (χ0) is 57.6. The van der Waals surface area contributed by atoms with Gasteiger partial charge in [0.1, 0.15) is 13.2 Å². The van der Waals surface area contributed by atoms with Gasteiger partial charge in [-0.05, 0) is 77.0 Å². The van der Waals surface area contributed by atoms with Crippen LogP contribution in [0.15, 0.2) is 60.8 Å². The highest BCUT2D eigenvalue weighted by Crippen LogP contribution is 2.18. The smallest absolute Gasteiger partial charge is 0.361 e. The maximum absolute atomic E-state index is 12.9. The van der Waals surface area contributed by atoms with E-state index >= 15 is 0 Å². The van der Waals surface area contributed by atoms with Crippen molar-refractivity contribution in [3.63, 3.8) is 0 Å². The Labute approximate surface area is 488 Å². The van der Waals surface area contributed by atoms with Crippen molar-refractivity contribution in [2.45, 2.75) is 322 Å². The minimum absolute atomic E-state index is 0.183. The highest BCUT2D eigenvalue weighted by Gasteiger charge is 2.25. The molecule has 0 radical (unpaired) electrons. The summed E-state index contributed by atoms with van der Waals surface area (Å²) in [6, 6.07) is 0. The highest BCUT2D eigenvalue weighted by atomic mass is 16.7. The van der Waals surface area contributed by atoms with Crippen molar-refractivity contribution in [3.05, 3.63) is 60.8 Å². The molecule has 0 saturated carbocycles. The fraction of sp³-hybridized carbons (Fsp3) is 0.814. The number of allylic oxidation sites excluding steroid dienone is 10. The number of carbonyl (C=O) groups is 3. The predicted octanol–water partition coefficient (Wildman–Crippen LogP) is 20.4. The molecule has 0 aromatic heterocycles. The van der Waals surface area contributed by atoms with E-state index in [4.69, 9.17) is 18.9 Å². The Hall–Kier alpha value is -3.01. The lowest BCUT2D eigenvalue weighted by Gasteiger charge is -2.25. The van der Waals surface area contributed by atoms with Gasteiger partial charge < -0.3 is 28.5 Å². The molecule has 2 unspecified atom stereocenters. The van der Waals surface area contributed by atoms with Gasteiger partial charge in [0.25, 0.3) is 6.29 Å². The first-order chi connectivity index (χ1) is 38.6. The zero-order valence-corrected chi connectivity index (χ0v) is 52.5. The van der Waals surface area contributed by atoms with Crippen LogP contribution in [0.3, 0.4) is 0 Å². The number of ether oxygens (including phenoxy) is 4. The van der Waals surface area contributed by atoms with Gasteiger partial charge in [0.15, 0.2) is 6.10 Å². The molecular formula is C70H128NO8+. The van der Waals surface area contributed by atoms with Crippen molar-refractivity contribution in [1.82, 2.24) is 0 Å². The number of hydrogen-bond donors (Lipinski definition) is 1. The Morgan fingerprint density at radius 1 is 0.392 bits per heavy atom. The van der Waals surface area contributed by atoms with Crippen LogP contribution >= 0.6 is 0 Å². The lowest BCUT2D eigenvalue weighted by Crippen LogP contribution is -2.40. The number of unbranched alkanes of at least 4 members (excludes halogenated alkanes) is 37. The number of rotatable bonds is 62. The lowest BCUT2D eigenvalue weighted by molar-refractivity contribution is -0.870. The number of aliphatic carboxylic acids is 1. The molecule has 0 saturated heterocycles. The van der Waals surface area contributed by atoms with E-state index in [1.165, 1.54) is 199 Å². The van der Waals surface area contributed by atoms with Gasteiger partial charge in [-0.25, -0.2) is 4.79 Å². The molecule has 0 spiro atoms. The summed E-state index contributed by atoms with van der Waals surface area (Å²) in [4.78, 5) is 37.4. The topological polar surface area (TPSA) is 108 Å². The third kappa shape index (κ3) is 62.4. The third-order valence-electron chi connectivity index (χ3n) is 14.8. The summed E-state index contributed by atoms with van der Waals surface area (Å²) in [5, 5.41) is 9.70. The number of nitrogens with zero attached hydrogens (tertiary/aromatic N) is 1. The molecule has 2 atom stereocenters. The zero-order valence-electron chi connectivity index (χ0n) is 52.5. The van der Waals surface area contributed by atoms with Gasteiger partial charge in [0.2, 0.25) is 0 Å². The molecule has 0 fully saturated rings. The molecule has 0 heterocycles. The summed E-state index contributed by atoms with van der Waals surface area (Å²) in [5.41, 5.74) is 0. The molecule has 0 bridgehead atoms. The first kappa shape index (κ1) is 76.0. The van der Waals surface area contributed by atoms with E-state index in [9.17, 15) is 19.5 Å². The lowest BCUT2D eigenvalue weighted by atomic mass is 10.0. The minimum atomic E-state index is -1.51. The second-order valence-electron chi connectivity index (χ2n) is 23.7. The van der Waals surface area contributed by atoms with Crippen molar-refractivity contribution >= 4 is 17.9 Å². The molecule has 0 aliphatic rings. The number of quaternary nitrogens is 1. The number of likely N-dealkylation sites (N-methyl/N-ethyl adjacent to an activating group) is 1. The van der Waals surface area contributed by atoms with Gasteiger partial charge >= 0.3 is 17.9 Å². The van der Waals surface area contributed by atoms with Gasteiger partial charge in [-0.2, -0.15) is 0 Å². The molecule has 460 valence electrons. The second kappa shape index (κ2) is 61.1. The van der Waals surface area contributed by atoms with Crippen LogP contribution < -0.4 is 0 Å². The first-order valence-electron chi connectivity index (χ1n) is 33.5. The van der Waals surface area contributed by atoms with Gasteiger partial charge in [-0.1, -0.05) is 280 Å². The fourth-order valence-corrected chi connectivity index (χ4v) is 9.65. The van der Waals surface area contributed by atoms with Crippen molar-refractivity contribution in [1.29, 1.82) is 0 Å². The van der Waals surface area contributed by atoms with Gasteiger partial charge in [-0.15, -0.1) is 0 Å². The second-order valence-corrected chi connectivity index (χ2v) is 23.7. The van der Waals surface area contributed by atoms with Crippen molar-refractivity contribution in [2.24, 2.45) is 0 Å². The molecule has 0 aliphatic heterocycles. The normalized spacial score (nSPS) is 13.1. The Bertz CT molecular complexity index is 1480. The van der Waals surface area contributed by atoms with E-state index in [0.29, 0.717) is 17.4 Å². The summed E-state index contributed by atoms with van der Waals surface area (Å²) in [7, 11) is 5.97. The molecule has 0 rings (SSSR count). The van der Waals surface area contributed by atoms with Crippen LogP contribution in [-0.4, -0.2) is 87.4 Å². The van der Waals surface area contributed by atoms with Crippen LogP contribution in [0.4, 0.5) is 0 Å². The van der Waals surface area contributed by atoms with Gasteiger partial charge in [-0.3, -0.25) is 9.59 Å². The largest absolute Gasteiger partial charge is 0.477 e. The molecule has 0 aromatic carbocycles. The van der Waals surface area contributed by atoms with Gasteiger partial charge in [0.05, 0.1) is 34.4 Å². The molecular weight excluding hydrogens is 983 g/mol. The molecule has 0 aromatic rings. The monoisotopic (exact) mass is 1110 g/mol. The third-order valence-corrected chi connectivity index (χ3v) is 14.8. The maximum atomic E-state index is 12.9. The Morgan fingerprint density at radius 2 is 0.722 bits per heavy atom. The Morgan fingerprint density at radius 3 is 1.09 bits per heavy atom. The molecule has 0 amide bonds. The van der Waals surface area contributed by atoms with Crippen LogP contribution in [0.25, 0.3) is 0 Å². The van der Waals surface area contributed by atoms with E-state index in [0.717, 1.165) is 83.5 Å². The molecule has 9 nitrogen and oxygen atoms in total. The van der Waals surface area contributed by atoms with E-state index in [-0.39, 0.29) is 32.2 Å². The maximum Gasteiger partial charge on any atom is 0.361 e. The molecule has 9 heteroatoms. The highest BCUT2D eigenvalue weighted by molar-refractivity contribution is 5.71. The molecule has 79 heavy (non-hydrogen) atoms.